The van der Waals surface area contributed by atoms with E-state index in [2.05, 4.69) is 0 Å². The van der Waals surface area contributed by atoms with Crippen LogP contribution in [-0.2, 0) is 9.53 Å². The normalized spacial score (nSPS) is 30.1. The van der Waals surface area contributed by atoms with E-state index >= 15 is 0 Å². The van der Waals surface area contributed by atoms with Gasteiger partial charge in [0.05, 0.1) is 5.92 Å². The molecule has 0 heterocycles. The standard InChI is InChI=1S/C9H16O3/c1-12-6-7-4-2-3-5-8(7)9(10)11/h7-8H,2-6H2,1H3,(H,10,11)/t7-,8+/m1/s1. The predicted octanol–water partition coefficient (Wildman–Crippen LogP) is 1.52. The van der Waals surface area contributed by atoms with Gasteiger partial charge in [0.1, 0.15) is 0 Å². The Morgan fingerprint density at radius 3 is 2.75 bits per heavy atom. The molecular formula is C9H16O3. The molecule has 0 amide bonds. The summed E-state index contributed by atoms with van der Waals surface area (Å²) < 4.78 is 5.00. The van der Waals surface area contributed by atoms with Gasteiger partial charge in [-0.1, -0.05) is 12.8 Å². The Morgan fingerprint density at radius 2 is 2.17 bits per heavy atom. The molecule has 2 atom stereocenters. The van der Waals surface area contributed by atoms with Gasteiger partial charge in [-0.05, 0) is 18.8 Å². The zero-order valence-corrected chi connectivity index (χ0v) is 7.45. The first kappa shape index (κ1) is 9.52. The first-order chi connectivity index (χ1) is 5.75. The van der Waals surface area contributed by atoms with Crippen LogP contribution in [0.5, 0.6) is 0 Å². The molecule has 0 unspecified atom stereocenters. The highest BCUT2D eigenvalue weighted by molar-refractivity contribution is 5.70. The lowest BCUT2D eigenvalue weighted by molar-refractivity contribution is -0.145. The topological polar surface area (TPSA) is 46.5 Å². The van der Waals surface area contributed by atoms with Crippen LogP contribution >= 0.6 is 0 Å². The number of carboxylic acid groups (broad SMARTS) is 1. The second-order valence-electron chi connectivity index (χ2n) is 3.44. The van der Waals surface area contributed by atoms with Crippen molar-refractivity contribution in [3.8, 4) is 0 Å². The van der Waals surface area contributed by atoms with Crippen LogP contribution in [0.15, 0.2) is 0 Å². The minimum atomic E-state index is -0.656. The lowest BCUT2D eigenvalue weighted by atomic mass is 9.80. The summed E-state index contributed by atoms with van der Waals surface area (Å²) in [7, 11) is 1.63. The lowest BCUT2D eigenvalue weighted by Crippen LogP contribution is -2.29. The highest BCUT2D eigenvalue weighted by atomic mass is 16.5. The summed E-state index contributed by atoms with van der Waals surface area (Å²) in [5, 5.41) is 8.88. The van der Waals surface area contributed by atoms with Crippen LogP contribution in [0, 0.1) is 11.8 Å². The number of hydrogen-bond acceptors (Lipinski definition) is 2. The molecule has 0 saturated heterocycles. The fraction of sp³-hybridized carbons (Fsp3) is 0.889. The van der Waals surface area contributed by atoms with Gasteiger partial charge in [0.25, 0.3) is 0 Å². The third-order valence-corrected chi connectivity index (χ3v) is 2.61. The molecule has 1 aliphatic carbocycles. The van der Waals surface area contributed by atoms with E-state index in [4.69, 9.17) is 9.84 Å². The van der Waals surface area contributed by atoms with Crippen molar-refractivity contribution in [1.29, 1.82) is 0 Å². The van der Waals surface area contributed by atoms with Gasteiger partial charge in [-0.25, -0.2) is 0 Å². The van der Waals surface area contributed by atoms with Crippen molar-refractivity contribution in [3.05, 3.63) is 0 Å². The molecule has 0 radical (unpaired) electrons. The first-order valence-electron chi connectivity index (χ1n) is 4.47. The number of hydrogen-bond donors (Lipinski definition) is 1. The van der Waals surface area contributed by atoms with E-state index in [1.54, 1.807) is 7.11 Å². The Kier molecular flexibility index (Phi) is 3.53. The van der Waals surface area contributed by atoms with E-state index < -0.39 is 5.97 Å². The molecule has 0 aromatic rings. The molecule has 12 heavy (non-hydrogen) atoms. The van der Waals surface area contributed by atoms with Crippen molar-refractivity contribution in [2.24, 2.45) is 11.8 Å². The average molecular weight is 172 g/mol. The molecule has 1 saturated carbocycles. The highest BCUT2D eigenvalue weighted by Crippen LogP contribution is 2.30. The van der Waals surface area contributed by atoms with Crippen LogP contribution < -0.4 is 0 Å². The number of ether oxygens (including phenoxy) is 1. The van der Waals surface area contributed by atoms with Gasteiger partial charge in [0, 0.05) is 13.7 Å². The quantitative estimate of drug-likeness (QED) is 0.702. The molecule has 0 spiro atoms. The Bertz CT molecular complexity index is 154. The maximum absolute atomic E-state index is 10.8. The van der Waals surface area contributed by atoms with Crippen molar-refractivity contribution >= 4 is 5.97 Å². The number of carbonyl (C=O) groups is 1. The molecule has 1 N–H and O–H groups in total. The molecule has 70 valence electrons. The Balaban J connectivity index is 2.48. The summed E-state index contributed by atoms with van der Waals surface area (Å²) in [5.74, 6) is -0.586. The van der Waals surface area contributed by atoms with E-state index in [1.165, 1.54) is 0 Å². The summed E-state index contributed by atoms with van der Waals surface area (Å²) in [6, 6.07) is 0. The predicted molar refractivity (Wildman–Crippen MR) is 45.0 cm³/mol. The third kappa shape index (κ3) is 2.21. The monoisotopic (exact) mass is 172 g/mol. The zero-order chi connectivity index (χ0) is 8.97. The largest absolute Gasteiger partial charge is 0.481 e. The van der Waals surface area contributed by atoms with Crippen LogP contribution in [0.3, 0.4) is 0 Å². The molecule has 0 aliphatic heterocycles. The minimum Gasteiger partial charge on any atom is -0.481 e. The molecule has 0 bridgehead atoms. The highest BCUT2D eigenvalue weighted by Gasteiger charge is 2.30. The first-order valence-corrected chi connectivity index (χ1v) is 4.47. The van der Waals surface area contributed by atoms with Crippen LogP contribution in [0.25, 0.3) is 0 Å². The molecular weight excluding hydrogens is 156 g/mol. The van der Waals surface area contributed by atoms with Crippen LogP contribution in [0.4, 0.5) is 0 Å². The van der Waals surface area contributed by atoms with Crippen molar-refractivity contribution in [1.82, 2.24) is 0 Å². The lowest BCUT2D eigenvalue weighted by Gasteiger charge is -2.27. The Morgan fingerprint density at radius 1 is 1.50 bits per heavy atom. The fourth-order valence-corrected chi connectivity index (χ4v) is 1.95. The van der Waals surface area contributed by atoms with Gasteiger partial charge in [-0.15, -0.1) is 0 Å². The van der Waals surface area contributed by atoms with Gasteiger partial charge in [-0.2, -0.15) is 0 Å². The second kappa shape index (κ2) is 4.45. The minimum absolute atomic E-state index is 0.168. The van der Waals surface area contributed by atoms with Crippen molar-refractivity contribution in [2.45, 2.75) is 25.7 Å². The number of methoxy groups -OCH3 is 1. The van der Waals surface area contributed by atoms with E-state index in [1.807, 2.05) is 0 Å². The van der Waals surface area contributed by atoms with E-state index in [-0.39, 0.29) is 11.8 Å². The van der Waals surface area contributed by atoms with E-state index in [9.17, 15) is 4.79 Å². The van der Waals surface area contributed by atoms with Gasteiger partial charge in [0.15, 0.2) is 0 Å². The molecule has 1 rings (SSSR count). The van der Waals surface area contributed by atoms with Gasteiger partial charge >= 0.3 is 5.97 Å². The van der Waals surface area contributed by atoms with Gasteiger partial charge in [-0.3, -0.25) is 4.79 Å². The molecule has 3 heteroatoms. The molecule has 0 aromatic carbocycles. The summed E-state index contributed by atoms with van der Waals surface area (Å²) >= 11 is 0. The molecule has 1 aliphatic rings. The fourth-order valence-electron chi connectivity index (χ4n) is 1.95. The molecule has 3 nitrogen and oxygen atoms in total. The number of aliphatic carboxylic acids is 1. The van der Waals surface area contributed by atoms with Gasteiger partial charge in [0.2, 0.25) is 0 Å². The maximum atomic E-state index is 10.8. The summed E-state index contributed by atoms with van der Waals surface area (Å²) in [6.07, 6.45) is 4.03. The molecule has 0 aromatic heterocycles. The summed E-state index contributed by atoms with van der Waals surface area (Å²) in [5.41, 5.74) is 0. The Hall–Kier alpha value is -0.570. The maximum Gasteiger partial charge on any atom is 0.306 e. The van der Waals surface area contributed by atoms with Crippen LogP contribution in [-0.4, -0.2) is 24.8 Å². The second-order valence-corrected chi connectivity index (χ2v) is 3.44. The third-order valence-electron chi connectivity index (χ3n) is 2.61. The van der Waals surface area contributed by atoms with Crippen molar-refractivity contribution in [3.63, 3.8) is 0 Å². The number of carboxylic acids is 1. The Labute approximate surface area is 72.7 Å². The van der Waals surface area contributed by atoms with Gasteiger partial charge < -0.3 is 9.84 Å². The van der Waals surface area contributed by atoms with Crippen molar-refractivity contribution < 1.29 is 14.6 Å². The van der Waals surface area contributed by atoms with Crippen LogP contribution in [0.1, 0.15) is 25.7 Å². The smallest absolute Gasteiger partial charge is 0.306 e. The molecule has 1 fully saturated rings. The van der Waals surface area contributed by atoms with Crippen molar-refractivity contribution in [2.75, 3.05) is 13.7 Å². The van der Waals surface area contributed by atoms with E-state index in [0.29, 0.717) is 6.61 Å². The summed E-state index contributed by atoms with van der Waals surface area (Å²) in [4.78, 5) is 10.8. The average Bonchev–Trinajstić information content (AvgIpc) is 2.05. The number of rotatable bonds is 3. The van der Waals surface area contributed by atoms with Crippen LogP contribution in [0.2, 0.25) is 0 Å². The zero-order valence-electron chi connectivity index (χ0n) is 7.45. The summed E-state index contributed by atoms with van der Waals surface area (Å²) in [6.45, 7) is 0.594. The van der Waals surface area contributed by atoms with E-state index in [0.717, 1.165) is 25.7 Å². The SMILES string of the molecule is COC[C@H]1CCCC[C@@H]1C(=O)O.